The van der Waals surface area contributed by atoms with Crippen LogP contribution in [0.5, 0.6) is 0 Å². The molecule has 0 unspecified atom stereocenters. The second-order valence-electron chi connectivity index (χ2n) is 7.54. The van der Waals surface area contributed by atoms with Crippen molar-refractivity contribution in [1.29, 1.82) is 0 Å². The molecule has 0 spiro atoms. The summed E-state index contributed by atoms with van der Waals surface area (Å²) < 4.78 is 0. The maximum atomic E-state index is 13.1. The number of carbonyl (C=O) groups excluding carboxylic acids is 2. The fourth-order valence-electron chi connectivity index (χ4n) is 3.87. The Morgan fingerprint density at radius 2 is 1.43 bits per heavy atom. The number of hydrogen-bond acceptors (Lipinski definition) is 3. The molecule has 0 N–H and O–H groups in total. The highest BCUT2D eigenvalue weighted by Gasteiger charge is 2.26. The van der Waals surface area contributed by atoms with Gasteiger partial charge in [0, 0.05) is 38.2 Å². The Morgan fingerprint density at radius 1 is 0.800 bits per heavy atom. The number of carbonyl (C=O) groups is 2. The maximum Gasteiger partial charge on any atom is 0.264 e. The quantitative estimate of drug-likeness (QED) is 0.581. The minimum atomic E-state index is 0.0695. The summed E-state index contributed by atoms with van der Waals surface area (Å²) in [5.41, 5.74) is 3.32. The van der Waals surface area contributed by atoms with Gasteiger partial charge in [0.15, 0.2) is 0 Å². The fraction of sp³-hybridized carbons (Fsp3) is 0.280. The lowest BCUT2D eigenvalue weighted by atomic mass is 10.1. The lowest BCUT2D eigenvalue weighted by Crippen LogP contribution is -2.50. The van der Waals surface area contributed by atoms with Crippen LogP contribution >= 0.6 is 11.3 Å². The average Bonchev–Trinajstić information content (AvgIpc) is 3.30. The van der Waals surface area contributed by atoms with E-state index in [4.69, 9.17) is 0 Å². The van der Waals surface area contributed by atoms with E-state index in [1.165, 1.54) is 16.9 Å². The van der Waals surface area contributed by atoms with Crippen LogP contribution in [0.25, 0.3) is 11.1 Å². The molecule has 1 aliphatic rings. The molecular weight excluding hydrogens is 392 g/mol. The van der Waals surface area contributed by atoms with Crippen molar-refractivity contribution in [3.05, 3.63) is 82.6 Å². The molecule has 2 heterocycles. The molecule has 2 aromatic carbocycles. The van der Waals surface area contributed by atoms with Crippen LogP contribution in [0.4, 0.5) is 0 Å². The Bertz CT molecular complexity index is 977. The molecular formula is C25H26N2O2S. The molecule has 5 heteroatoms. The third-order valence-electron chi connectivity index (χ3n) is 5.56. The summed E-state index contributed by atoms with van der Waals surface area (Å²) in [5, 5.41) is 1.97. The van der Waals surface area contributed by atoms with Crippen LogP contribution in [0.1, 0.15) is 28.1 Å². The topological polar surface area (TPSA) is 40.6 Å². The molecule has 0 aliphatic carbocycles. The molecule has 1 aliphatic heterocycles. The van der Waals surface area contributed by atoms with Crippen LogP contribution in [0, 0.1) is 0 Å². The molecule has 4 rings (SSSR count). The molecule has 30 heavy (non-hydrogen) atoms. The van der Waals surface area contributed by atoms with Crippen LogP contribution in [0.3, 0.4) is 0 Å². The van der Waals surface area contributed by atoms with Crippen molar-refractivity contribution in [2.45, 2.75) is 19.3 Å². The summed E-state index contributed by atoms with van der Waals surface area (Å²) in [4.78, 5) is 30.2. The van der Waals surface area contributed by atoms with Gasteiger partial charge in [-0.3, -0.25) is 9.59 Å². The molecule has 0 saturated carbocycles. The highest BCUT2D eigenvalue weighted by molar-refractivity contribution is 7.12. The summed E-state index contributed by atoms with van der Waals surface area (Å²) in [5.74, 6) is 0.263. The van der Waals surface area contributed by atoms with E-state index in [1.54, 1.807) is 0 Å². The standard InChI is InChI=1S/C25H26N2O2S/c28-23(13-7-10-20-8-3-1-4-9-20)26-15-17-27(18-16-26)25(29)24-22(14-19-30-24)21-11-5-2-6-12-21/h1-6,8-9,11-12,14,19H,7,10,13,15-18H2. The molecule has 154 valence electrons. The van der Waals surface area contributed by atoms with Gasteiger partial charge in [-0.05, 0) is 35.4 Å². The molecule has 1 saturated heterocycles. The third kappa shape index (κ3) is 4.79. The van der Waals surface area contributed by atoms with E-state index in [-0.39, 0.29) is 11.8 Å². The third-order valence-corrected chi connectivity index (χ3v) is 6.47. The van der Waals surface area contributed by atoms with E-state index >= 15 is 0 Å². The predicted molar refractivity (Wildman–Crippen MR) is 122 cm³/mol. The van der Waals surface area contributed by atoms with Gasteiger partial charge < -0.3 is 9.80 Å². The first kappa shape index (κ1) is 20.4. The van der Waals surface area contributed by atoms with Crippen molar-refractivity contribution < 1.29 is 9.59 Å². The largest absolute Gasteiger partial charge is 0.339 e. The van der Waals surface area contributed by atoms with Gasteiger partial charge >= 0.3 is 0 Å². The number of benzene rings is 2. The second-order valence-corrected chi connectivity index (χ2v) is 8.46. The maximum absolute atomic E-state index is 13.1. The van der Waals surface area contributed by atoms with Gasteiger partial charge in [0.25, 0.3) is 5.91 Å². The number of nitrogens with zero attached hydrogens (tertiary/aromatic N) is 2. The molecule has 2 amide bonds. The Labute approximate surface area is 181 Å². The van der Waals surface area contributed by atoms with Crippen molar-refractivity contribution >= 4 is 23.2 Å². The highest BCUT2D eigenvalue weighted by Crippen LogP contribution is 2.29. The molecule has 1 aromatic heterocycles. The summed E-state index contributed by atoms with van der Waals surface area (Å²) in [6.07, 6.45) is 2.34. The molecule has 4 nitrogen and oxygen atoms in total. The van der Waals surface area contributed by atoms with E-state index in [2.05, 4.69) is 12.1 Å². The normalized spacial score (nSPS) is 14.0. The minimum absolute atomic E-state index is 0.0695. The molecule has 0 atom stereocenters. The average molecular weight is 419 g/mol. The SMILES string of the molecule is O=C(CCCc1ccccc1)N1CCN(C(=O)c2sccc2-c2ccccc2)CC1. The van der Waals surface area contributed by atoms with Crippen LogP contribution in [-0.4, -0.2) is 47.8 Å². The fourth-order valence-corrected chi connectivity index (χ4v) is 4.75. The number of piperazine rings is 1. The minimum Gasteiger partial charge on any atom is -0.339 e. The summed E-state index contributed by atoms with van der Waals surface area (Å²) >= 11 is 1.49. The van der Waals surface area contributed by atoms with Gasteiger partial charge in [0.2, 0.25) is 5.91 Å². The first-order valence-corrected chi connectivity index (χ1v) is 11.3. The van der Waals surface area contributed by atoms with E-state index in [1.807, 2.05) is 69.8 Å². The van der Waals surface area contributed by atoms with E-state index < -0.39 is 0 Å². The molecule has 3 aromatic rings. The van der Waals surface area contributed by atoms with Crippen molar-refractivity contribution in [2.75, 3.05) is 26.2 Å². The van der Waals surface area contributed by atoms with Gasteiger partial charge in [-0.1, -0.05) is 60.7 Å². The van der Waals surface area contributed by atoms with Crippen molar-refractivity contribution in [3.8, 4) is 11.1 Å². The Morgan fingerprint density at radius 3 is 2.13 bits per heavy atom. The molecule has 0 bridgehead atoms. The number of thiophene rings is 1. The number of amides is 2. The Kier molecular flexibility index (Phi) is 6.60. The number of aryl methyl sites for hydroxylation is 1. The zero-order valence-corrected chi connectivity index (χ0v) is 17.8. The number of rotatable bonds is 6. The first-order valence-electron chi connectivity index (χ1n) is 10.5. The van der Waals surface area contributed by atoms with Gasteiger partial charge in [-0.15, -0.1) is 11.3 Å². The van der Waals surface area contributed by atoms with Gasteiger partial charge in [0.1, 0.15) is 0 Å². The van der Waals surface area contributed by atoms with E-state index in [0.29, 0.717) is 32.6 Å². The van der Waals surface area contributed by atoms with E-state index in [9.17, 15) is 9.59 Å². The molecule has 1 fully saturated rings. The Balaban J connectivity index is 1.29. The van der Waals surface area contributed by atoms with Crippen molar-refractivity contribution in [3.63, 3.8) is 0 Å². The molecule has 0 radical (unpaired) electrons. The number of hydrogen-bond donors (Lipinski definition) is 0. The van der Waals surface area contributed by atoms with Gasteiger partial charge in [-0.2, -0.15) is 0 Å². The van der Waals surface area contributed by atoms with Gasteiger partial charge in [0.05, 0.1) is 4.88 Å². The summed E-state index contributed by atoms with van der Waals surface area (Å²) in [6, 6.07) is 22.3. The van der Waals surface area contributed by atoms with Gasteiger partial charge in [-0.25, -0.2) is 0 Å². The van der Waals surface area contributed by atoms with Crippen LogP contribution in [0.15, 0.2) is 72.1 Å². The lowest BCUT2D eigenvalue weighted by Gasteiger charge is -2.34. The first-order chi connectivity index (χ1) is 14.7. The summed E-state index contributed by atoms with van der Waals surface area (Å²) in [6.45, 7) is 2.41. The highest BCUT2D eigenvalue weighted by atomic mass is 32.1. The van der Waals surface area contributed by atoms with Crippen molar-refractivity contribution in [2.24, 2.45) is 0 Å². The smallest absolute Gasteiger partial charge is 0.264 e. The second kappa shape index (κ2) is 9.72. The van der Waals surface area contributed by atoms with Crippen LogP contribution in [-0.2, 0) is 11.2 Å². The predicted octanol–water partition coefficient (Wildman–Crippen LogP) is 4.72. The Hall–Kier alpha value is -2.92. The van der Waals surface area contributed by atoms with Crippen molar-refractivity contribution in [1.82, 2.24) is 9.80 Å². The zero-order valence-electron chi connectivity index (χ0n) is 17.0. The monoisotopic (exact) mass is 418 g/mol. The van der Waals surface area contributed by atoms with Crippen LogP contribution < -0.4 is 0 Å². The van der Waals surface area contributed by atoms with Crippen LogP contribution in [0.2, 0.25) is 0 Å². The summed E-state index contributed by atoms with van der Waals surface area (Å²) in [7, 11) is 0. The lowest BCUT2D eigenvalue weighted by molar-refractivity contribution is -0.132. The van der Waals surface area contributed by atoms with E-state index in [0.717, 1.165) is 28.8 Å². The zero-order chi connectivity index (χ0) is 20.8.